The molecule has 1 saturated heterocycles. The van der Waals surface area contributed by atoms with Crippen molar-refractivity contribution in [2.45, 2.75) is 26.7 Å². The van der Waals surface area contributed by atoms with Gasteiger partial charge in [0.25, 0.3) is 0 Å². The summed E-state index contributed by atoms with van der Waals surface area (Å²) in [7, 11) is 0. The fraction of sp³-hybridized carbons (Fsp3) is 0.562. The Kier molecular flexibility index (Phi) is 4.81. The van der Waals surface area contributed by atoms with E-state index in [1.807, 2.05) is 0 Å². The highest BCUT2D eigenvalue weighted by atomic mass is 15.3. The molecule has 0 unspecified atom stereocenters. The first-order valence-electron chi connectivity index (χ1n) is 7.19. The van der Waals surface area contributed by atoms with Crippen LogP contribution in [0.15, 0.2) is 18.2 Å². The molecule has 0 saturated carbocycles. The molecule has 1 aliphatic heterocycles. The minimum atomic E-state index is 0.643. The number of anilines is 1. The molecule has 3 heteroatoms. The molecule has 0 spiro atoms. The van der Waals surface area contributed by atoms with E-state index in [0.717, 1.165) is 39.1 Å². The molecule has 1 aromatic carbocycles. The van der Waals surface area contributed by atoms with E-state index >= 15 is 0 Å². The van der Waals surface area contributed by atoms with Gasteiger partial charge in [-0.1, -0.05) is 25.1 Å². The van der Waals surface area contributed by atoms with Gasteiger partial charge in [-0.2, -0.15) is 5.26 Å². The molecule has 1 heterocycles. The summed E-state index contributed by atoms with van der Waals surface area (Å²) in [6.07, 6.45) is 1.73. The van der Waals surface area contributed by atoms with Crippen LogP contribution in [0, 0.1) is 18.3 Å². The number of nitriles is 1. The Morgan fingerprint density at radius 2 is 1.95 bits per heavy atom. The van der Waals surface area contributed by atoms with Crippen LogP contribution in [0.1, 0.15) is 24.5 Å². The van der Waals surface area contributed by atoms with Gasteiger partial charge in [-0.3, -0.25) is 4.90 Å². The molecule has 3 nitrogen and oxygen atoms in total. The second kappa shape index (κ2) is 6.58. The van der Waals surface area contributed by atoms with E-state index in [-0.39, 0.29) is 0 Å². The van der Waals surface area contributed by atoms with Crippen LogP contribution in [0.4, 0.5) is 5.69 Å². The van der Waals surface area contributed by atoms with Crippen LogP contribution in [0.2, 0.25) is 0 Å². The predicted molar refractivity (Wildman–Crippen MR) is 79.4 cm³/mol. The first-order valence-corrected chi connectivity index (χ1v) is 7.19. The van der Waals surface area contributed by atoms with Crippen LogP contribution >= 0.6 is 0 Å². The van der Waals surface area contributed by atoms with E-state index < -0.39 is 0 Å². The van der Waals surface area contributed by atoms with Gasteiger partial charge >= 0.3 is 0 Å². The quantitative estimate of drug-likeness (QED) is 0.830. The van der Waals surface area contributed by atoms with Gasteiger partial charge in [0.2, 0.25) is 0 Å². The van der Waals surface area contributed by atoms with Crippen LogP contribution < -0.4 is 4.90 Å². The van der Waals surface area contributed by atoms with E-state index in [0.29, 0.717) is 6.42 Å². The zero-order valence-electron chi connectivity index (χ0n) is 12.0. The van der Waals surface area contributed by atoms with E-state index in [9.17, 15) is 0 Å². The van der Waals surface area contributed by atoms with E-state index in [1.54, 1.807) is 0 Å². The fourth-order valence-corrected chi connectivity index (χ4v) is 2.86. The molecular weight excluding hydrogens is 234 g/mol. The summed E-state index contributed by atoms with van der Waals surface area (Å²) >= 11 is 0. The van der Waals surface area contributed by atoms with Gasteiger partial charge in [0.05, 0.1) is 6.07 Å². The average Bonchev–Trinajstić information content (AvgIpc) is 2.45. The number of nitrogens with zero attached hydrogens (tertiary/aromatic N) is 3. The van der Waals surface area contributed by atoms with Gasteiger partial charge in [0.15, 0.2) is 0 Å². The molecule has 0 bridgehead atoms. The highest BCUT2D eigenvalue weighted by Crippen LogP contribution is 2.26. The number of benzene rings is 1. The molecule has 0 aliphatic carbocycles. The molecule has 1 fully saturated rings. The second-order valence-electron chi connectivity index (χ2n) is 5.17. The molecule has 1 aromatic rings. The SMILES string of the molecule is CCc1cccc(C)c1N1CCN(CCC#N)CC1. The number of piperazine rings is 1. The second-order valence-corrected chi connectivity index (χ2v) is 5.17. The standard InChI is InChI=1S/C16H23N3/c1-3-15-7-4-6-14(2)16(15)19-12-10-18(11-13-19)9-5-8-17/h4,6-7H,3,5,9-13H2,1-2H3. The molecular formula is C16H23N3. The lowest BCUT2D eigenvalue weighted by Crippen LogP contribution is -2.47. The van der Waals surface area contributed by atoms with Gasteiger partial charge in [-0.25, -0.2) is 0 Å². The third-order valence-electron chi connectivity index (χ3n) is 3.93. The van der Waals surface area contributed by atoms with Gasteiger partial charge in [-0.05, 0) is 24.5 Å². The number of hydrogen-bond acceptors (Lipinski definition) is 3. The normalized spacial score (nSPS) is 16.4. The van der Waals surface area contributed by atoms with Crippen molar-refractivity contribution in [2.75, 3.05) is 37.6 Å². The minimum absolute atomic E-state index is 0.643. The van der Waals surface area contributed by atoms with Crippen LogP contribution in [0.25, 0.3) is 0 Å². The molecule has 0 atom stereocenters. The Bertz CT molecular complexity index is 454. The van der Waals surface area contributed by atoms with Crippen molar-refractivity contribution in [1.29, 1.82) is 5.26 Å². The van der Waals surface area contributed by atoms with Crippen molar-refractivity contribution in [3.8, 4) is 6.07 Å². The summed E-state index contributed by atoms with van der Waals surface area (Å²) in [5.74, 6) is 0. The lowest BCUT2D eigenvalue weighted by atomic mass is 10.0. The summed E-state index contributed by atoms with van der Waals surface area (Å²) < 4.78 is 0. The van der Waals surface area contributed by atoms with Crippen LogP contribution in [0.5, 0.6) is 0 Å². The number of rotatable bonds is 4. The lowest BCUT2D eigenvalue weighted by molar-refractivity contribution is 0.263. The molecule has 0 radical (unpaired) electrons. The van der Waals surface area contributed by atoms with Gasteiger partial charge in [0, 0.05) is 44.8 Å². The minimum Gasteiger partial charge on any atom is -0.369 e. The lowest BCUT2D eigenvalue weighted by Gasteiger charge is -2.37. The van der Waals surface area contributed by atoms with Gasteiger partial charge in [-0.15, -0.1) is 0 Å². The van der Waals surface area contributed by atoms with Crippen molar-refractivity contribution in [3.05, 3.63) is 29.3 Å². The van der Waals surface area contributed by atoms with Crippen LogP contribution in [0.3, 0.4) is 0 Å². The van der Waals surface area contributed by atoms with E-state index in [4.69, 9.17) is 5.26 Å². The maximum absolute atomic E-state index is 8.64. The van der Waals surface area contributed by atoms with Crippen molar-refractivity contribution in [1.82, 2.24) is 4.90 Å². The Morgan fingerprint density at radius 3 is 2.58 bits per heavy atom. The fourth-order valence-electron chi connectivity index (χ4n) is 2.86. The predicted octanol–water partition coefficient (Wildman–Crippen LogP) is 2.59. The largest absolute Gasteiger partial charge is 0.369 e. The zero-order chi connectivity index (χ0) is 13.7. The van der Waals surface area contributed by atoms with Crippen LogP contribution in [-0.2, 0) is 6.42 Å². The van der Waals surface area contributed by atoms with Gasteiger partial charge in [0.1, 0.15) is 0 Å². The Morgan fingerprint density at radius 1 is 1.21 bits per heavy atom. The van der Waals surface area contributed by atoms with Crippen molar-refractivity contribution in [2.24, 2.45) is 0 Å². The third kappa shape index (κ3) is 3.27. The first kappa shape index (κ1) is 13.9. The Labute approximate surface area is 116 Å². The molecule has 19 heavy (non-hydrogen) atoms. The Balaban J connectivity index is 2.04. The average molecular weight is 257 g/mol. The topological polar surface area (TPSA) is 30.3 Å². The zero-order valence-corrected chi connectivity index (χ0v) is 12.0. The monoisotopic (exact) mass is 257 g/mol. The van der Waals surface area contributed by atoms with Crippen LogP contribution in [-0.4, -0.2) is 37.6 Å². The third-order valence-corrected chi connectivity index (χ3v) is 3.93. The molecule has 0 amide bonds. The summed E-state index contributed by atoms with van der Waals surface area (Å²) in [6, 6.07) is 8.83. The summed E-state index contributed by atoms with van der Waals surface area (Å²) in [6.45, 7) is 9.63. The maximum Gasteiger partial charge on any atom is 0.0635 e. The van der Waals surface area contributed by atoms with E-state index in [2.05, 4.69) is 47.9 Å². The number of hydrogen-bond donors (Lipinski definition) is 0. The summed E-state index contributed by atoms with van der Waals surface area (Å²) in [4.78, 5) is 4.90. The van der Waals surface area contributed by atoms with Crippen molar-refractivity contribution < 1.29 is 0 Å². The number of aryl methyl sites for hydroxylation is 2. The van der Waals surface area contributed by atoms with E-state index in [1.165, 1.54) is 16.8 Å². The molecule has 1 aliphatic rings. The molecule has 0 aromatic heterocycles. The molecule has 0 N–H and O–H groups in total. The maximum atomic E-state index is 8.64. The summed E-state index contributed by atoms with van der Waals surface area (Å²) in [5.41, 5.74) is 4.26. The number of para-hydroxylation sites is 1. The highest BCUT2D eigenvalue weighted by molar-refractivity contribution is 5.59. The highest BCUT2D eigenvalue weighted by Gasteiger charge is 2.19. The Hall–Kier alpha value is -1.53. The summed E-state index contributed by atoms with van der Waals surface area (Å²) in [5, 5.41) is 8.64. The van der Waals surface area contributed by atoms with Gasteiger partial charge < -0.3 is 4.90 Å². The van der Waals surface area contributed by atoms with Crippen molar-refractivity contribution in [3.63, 3.8) is 0 Å². The molecule has 2 rings (SSSR count). The first-order chi connectivity index (χ1) is 9.26. The van der Waals surface area contributed by atoms with Crippen molar-refractivity contribution >= 4 is 5.69 Å². The smallest absolute Gasteiger partial charge is 0.0635 e. The molecule has 102 valence electrons.